The molecule has 0 amide bonds. The third kappa shape index (κ3) is 6.41. The van der Waals surface area contributed by atoms with Crippen molar-refractivity contribution in [3.05, 3.63) is 131 Å². The Balaban J connectivity index is 1.95. The maximum atomic E-state index is 13.7. The maximum Gasteiger partial charge on any atom is 0.338 e. The van der Waals surface area contributed by atoms with Crippen molar-refractivity contribution >= 4 is 52.5 Å². The molecule has 0 saturated heterocycles. The fourth-order valence-electron chi connectivity index (χ4n) is 4.69. The summed E-state index contributed by atoms with van der Waals surface area (Å²) in [5.41, 5.74) is 2.66. The number of allylic oxidation sites excluding steroid dienone is 1. The molecule has 1 atom stereocenters. The Labute approximate surface area is 247 Å². The number of hydrogen-bond acceptors (Lipinski definition) is 6. The highest BCUT2D eigenvalue weighted by atomic mass is 35.6. The Morgan fingerprint density at radius 2 is 1.40 bits per heavy atom. The molecule has 3 aromatic rings. The van der Waals surface area contributed by atoms with Gasteiger partial charge in [-0.3, -0.25) is 4.79 Å². The average Bonchev–Trinajstić information content (AvgIpc) is 2.97. The summed E-state index contributed by atoms with van der Waals surface area (Å²) in [4.78, 5) is 41.2. The smallest absolute Gasteiger partial charge is 0.338 e. The van der Waals surface area contributed by atoms with Gasteiger partial charge in [-0.2, -0.15) is 0 Å². The van der Waals surface area contributed by atoms with E-state index in [-0.39, 0.29) is 23.3 Å². The van der Waals surface area contributed by atoms with Crippen LogP contribution in [0.25, 0.3) is 0 Å². The number of ketones is 1. The second-order valence-electron chi connectivity index (χ2n) is 8.94. The zero-order chi connectivity index (χ0) is 28.9. The zero-order valence-electron chi connectivity index (χ0n) is 21.7. The summed E-state index contributed by atoms with van der Waals surface area (Å²) in [5.74, 6) is -3.03. The van der Waals surface area contributed by atoms with Crippen LogP contribution < -0.4 is 0 Å². The molecule has 6 nitrogen and oxygen atoms in total. The van der Waals surface area contributed by atoms with Crippen molar-refractivity contribution in [2.24, 2.45) is 0 Å². The van der Waals surface area contributed by atoms with Crippen LogP contribution in [0.15, 0.2) is 108 Å². The van der Waals surface area contributed by atoms with Crippen LogP contribution in [0.3, 0.4) is 0 Å². The van der Waals surface area contributed by atoms with E-state index in [1.807, 2.05) is 60.7 Å². The molecular weight excluding hydrogens is 573 g/mol. The number of alkyl halides is 3. The van der Waals surface area contributed by atoms with Crippen LogP contribution in [0.4, 0.5) is 0 Å². The van der Waals surface area contributed by atoms with Crippen LogP contribution in [-0.4, -0.2) is 40.1 Å². The van der Waals surface area contributed by atoms with Gasteiger partial charge < -0.3 is 14.4 Å². The number of esters is 2. The van der Waals surface area contributed by atoms with Gasteiger partial charge in [0, 0.05) is 23.9 Å². The minimum absolute atomic E-state index is 0.0424. The molecule has 0 bridgehead atoms. The number of benzene rings is 3. The molecule has 0 N–H and O–H groups in total. The van der Waals surface area contributed by atoms with E-state index in [1.54, 1.807) is 48.5 Å². The van der Waals surface area contributed by atoms with Crippen LogP contribution in [-0.2, 0) is 19.1 Å². The molecule has 3 aromatic carbocycles. The second-order valence-corrected chi connectivity index (χ2v) is 11.2. The first kappa shape index (κ1) is 29.4. The summed E-state index contributed by atoms with van der Waals surface area (Å²) in [6.07, 6.45) is 3.22. The summed E-state index contributed by atoms with van der Waals surface area (Å²) in [6, 6.07) is 25.2. The largest absolute Gasteiger partial charge is 0.466 e. The Morgan fingerprint density at radius 3 is 1.93 bits per heavy atom. The van der Waals surface area contributed by atoms with Gasteiger partial charge in [0.25, 0.3) is 3.79 Å². The number of carbonyl (C=O) groups excluding carboxylic acids is 3. The average molecular weight is 599 g/mol. The van der Waals surface area contributed by atoms with Crippen molar-refractivity contribution < 1.29 is 23.9 Å². The quantitative estimate of drug-likeness (QED) is 0.207. The van der Waals surface area contributed by atoms with E-state index in [0.717, 1.165) is 11.1 Å². The van der Waals surface area contributed by atoms with Crippen LogP contribution in [0.1, 0.15) is 45.9 Å². The predicted molar refractivity (Wildman–Crippen MR) is 155 cm³/mol. The number of carbonyl (C=O) groups is 3. The number of methoxy groups -OCH3 is 1. The fourth-order valence-corrected chi connectivity index (χ4v) is 5.02. The molecule has 0 aromatic heterocycles. The highest BCUT2D eigenvalue weighted by Gasteiger charge is 2.43. The number of hydrogen-bond donors (Lipinski definition) is 0. The number of ether oxygens (including phenoxy) is 2. The predicted octanol–water partition coefficient (Wildman–Crippen LogP) is 6.93. The molecule has 1 aliphatic heterocycles. The third-order valence-electron chi connectivity index (χ3n) is 6.40. The summed E-state index contributed by atoms with van der Waals surface area (Å²) >= 11 is 18.4. The van der Waals surface area contributed by atoms with E-state index in [9.17, 15) is 14.4 Å². The Bertz CT molecular complexity index is 1410. The van der Waals surface area contributed by atoms with Gasteiger partial charge in [-0.25, -0.2) is 9.59 Å². The summed E-state index contributed by atoms with van der Waals surface area (Å²) in [6.45, 7) is 1.89. The molecular formula is C31H26Cl3NO5. The zero-order valence-corrected chi connectivity index (χ0v) is 24.0. The van der Waals surface area contributed by atoms with Crippen LogP contribution in [0.2, 0.25) is 0 Å². The lowest BCUT2D eigenvalue weighted by molar-refractivity contribution is -0.136. The van der Waals surface area contributed by atoms with Crippen LogP contribution in [0, 0.1) is 0 Å². The molecule has 40 heavy (non-hydrogen) atoms. The van der Waals surface area contributed by atoms with Crippen molar-refractivity contribution in [1.29, 1.82) is 0 Å². The molecule has 9 heteroatoms. The third-order valence-corrected chi connectivity index (χ3v) is 6.91. The summed E-state index contributed by atoms with van der Waals surface area (Å²) < 4.78 is 7.97. The van der Waals surface area contributed by atoms with Crippen LogP contribution >= 0.6 is 34.8 Å². The van der Waals surface area contributed by atoms with E-state index in [1.165, 1.54) is 7.11 Å². The standard InChI is InChI=1S/C31H26Cl3NO5/c1-3-40-29(37)23-16-10-15-22(17-23)26-24(28(36)31(32,33)34)18-35(19-25(26)30(38)39-2)27(20-11-6-4-7-12-20)21-13-8-5-9-14-21/h4-19,26-27H,3H2,1-2H3. The lowest BCUT2D eigenvalue weighted by Crippen LogP contribution is -2.34. The summed E-state index contributed by atoms with van der Waals surface area (Å²) in [5, 5.41) is 0. The first-order valence-electron chi connectivity index (χ1n) is 12.4. The number of Topliss-reactive ketones (excluding diaryl/α,β-unsaturated/α-hetero) is 1. The molecule has 1 aliphatic rings. The second kappa shape index (κ2) is 12.7. The van der Waals surface area contributed by atoms with Gasteiger partial charge in [-0.05, 0) is 35.7 Å². The molecule has 0 radical (unpaired) electrons. The highest BCUT2D eigenvalue weighted by Crippen LogP contribution is 2.44. The Hall–Kier alpha value is -3.58. The highest BCUT2D eigenvalue weighted by molar-refractivity contribution is 6.77. The van der Waals surface area contributed by atoms with E-state index in [2.05, 4.69) is 0 Å². The van der Waals surface area contributed by atoms with Gasteiger partial charge in [-0.15, -0.1) is 0 Å². The molecule has 0 spiro atoms. The Morgan fingerprint density at radius 1 is 0.825 bits per heavy atom. The minimum atomic E-state index is -2.32. The lowest BCUT2D eigenvalue weighted by atomic mass is 9.80. The van der Waals surface area contributed by atoms with Crippen molar-refractivity contribution in [2.75, 3.05) is 13.7 Å². The topological polar surface area (TPSA) is 72.9 Å². The molecule has 206 valence electrons. The number of halogens is 3. The molecule has 0 saturated carbocycles. The first-order valence-corrected chi connectivity index (χ1v) is 13.6. The van der Waals surface area contributed by atoms with E-state index < -0.39 is 33.5 Å². The van der Waals surface area contributed by atoms with Gasteiger partial charge in [0.1, 0.15) is 0 Å². The van der Waals surface area contributed by atoms with Crippen molar-refractivity contribution in [2.45, 2.75) is 22.7 Å². The maximum absolute atomic E-state index is 13.7. The number of nitrogens with zero attached hydrogens (tertiary/aromatic N) is 1. The van der Waals surface area contributed by atoms with Crippen molar-refractivity contribution in [1.82, 2.24) is 4.90 Å². The fraction of sp³-hybridized carbons (Fsp3) is 0.194. The van der Waals surface area contributed by atoms with E-state index in [4.69, 9.17) is 44.3 Å². The molecule has 1 unspecified atom stereocenters. The van der Waals surface area contributed by atoms with Crippen molar-refractivity contribution in [3.63, 3.8) is 0 Å². The van der Waals surface area contributed by atoms with E-state index >= 15 is 0 Å². The Kier molecular flexibility index (Phi) is 9.36. The molecule has 4 rings (SSSR count). The minimum Gasteiger partial charge on any atom is -0.466 e. The number of rotatable bonds is 8. The normalized spacial score (nSPS) is 15.2. The van der Waals surface area contributed by atoms with Gasteiger partial charge in [0.15, 0.2) is 0 Å². The monoisotopic (exact) mass is 597 g/mol. The van der Waals surface area contributed by atoms with E-state index in [0.29, 0.717) is 5.56 Å². The molecule has 1 heterocycles. The SMILES string of the molecule is CCOC(=O)c1cccc(C2C(C(=O)OC)=CN(C(c3ccccc3)c3ccccc3)C=C2C(=O)C(Cl)(Cl)Cl)c1. The summed E-state index contributed by atoms with van der Waals surface area (Å²) in [7, 11) is 1.25. The van der Waals surface area contributed by atoms with Gasteiger partial charge in [-0.1, -0.05) is 108 Å². The van der Waals surface area contributed by atoms with Crippen LogP contribution in [0.5, 0.6) is 0 Å². The molecule has 0 fully saturated rings. The lowest BCUT2D eigenvalue weighted by Gasteiger charge is -2.36. The van der Waals surface area contributed by atoms with Gasteiger partial charge >= 0.3 is 11.9 Å². The van der Waals surface area contributed by atoms with Gasteiger partial charge in [0.2, 0.25) is 5.78 Å². The van der Waals surface area contributed by atoms with Gasteiger partial charge in [0.05, 0.1) is 30.9 Å². The van der Waals surface area contributed by atoms with Crippen molar-refractivity contribution in [3.8, 4) is 0 Å². The molecule has 0 aliphatic carbocycles. The first-order chi connectivity index (χ1) is 19.2.